The molecule has 0 saturated carbocycles. The fourth-order valence-corrected chi connectivity index (χ4v) is 5.16. The lowest BCUT2D eigenvalue weighted by Crippen LogP contribution is -2.45. The number of amides is 1. The number of methoxy groups -OCH3 is 1. The van der Waals surface area contributed by atoms with Crippen LogP contribution in [-0.4, -0.2) is 73.1 Å². The minimum Gasteiger partial charge on any atom is -0.464 e. The van der Waals surface area contributed by atoms with Crippen molar-refractivity contribution in [2.45, 2.75) is 58.6 Å². The number of likely N-dealkylation sites (tertiary alicyclic amines) is 1. The van der Waals surface area contributed by atoms with Crippen LogP contribution in [-0.2, 0) is 9.47 Å². The molecule has 1 amide bonds. The van der Waals surface area contributed by atoms with Crippen molar-refractivity contribution < 1.29 is 27.8 Å². The molecule has 0 aliphatic carbocycles. The lowest BCUT2D eigenvalue weighted by Gasteiger charge is -2.37. The Hall–Kier alpha value is -4.38. The molecule has 2 aliphatic heterocycles. The molecular formula is C34H41F2N5O4. The van der Waals surface area contributed by atoms with Gasteiger partial charge < -0.3 is 25.0 Å². The fourth-order valence-electron chi connectivity index (χ4n) is 5.16. The average molecular weight is 622 g/mol. The van der Waals surface area contributed by atoms with Crippen molar-refractivity contribution in [1.82, 2.24) is 20.5 Å². The summed E-state index contributed by atoms with van der Waals surface area (Å²) < 4.78 is 38.5. The monoisotopic (exact) mass is 621 g/mol. The Morgan fingerprint density at radius 1 is 1.07 bits per heavy atom. The summed E-state index contributed by atoms with van der Waals surface area (Å²) in [5.41, 5.74) is 4.00. The van der Waals surface area contributed by atoms with Crippen molar-refractivity contribution in [1.29, 1.82) is 0 Å². The number of dihydropyridines is 1. The van der Waals surface area contributed by atoms with Crippen LogP contribution in [0.4, 0.5) is 13.6 Å². The number of allylic oxidation sites excluding steroid dienone is 4. The molecular weight excluding hydrogens is 580 g/mol. The Labute approximate surface area is 263 Å². The Balaban J connectivity index is 1.46. The lowest BCUT2D eigenvalue weighted by molar-refractivity contribution is 0.0526. The third-order valence-corrected chi connectivity index (χ3v) is 7.37. The van der Waals surface area contributed by atoms with E-state index in [0.29, 0.717) is 36.3 Å². The summed E-state index contributed by atoms with van der Waals surface area (Å²) in [5, 5.41) is 6.27. The van der Waals surface area contributed by atoms with Crippen LogP contribution in [0.1, 0.15) is 68.7 Å². The van der Waals surface area contributed by atoms with Gasteiger partial charge in [-0.25, -0.2) is 23.4 Å². The van der Waals surface area contributed by atoms with Crippen LogP contribution >= 0.6 is 0 Å². The summed E-state index contributed by atoms with van der Waals surface area (Å²) in [6, 6.07) is 8.95. The molecule has 240 valence electrons. The van der Waals surface area contributed by atoms with E-state index >= 15 is 0 Å². The number of pyridine rings is 1. The van der Waals surface area contributed by atoms with Crippen LogP contribution in [0.3, 0.4) is 0 Å². The van der Waals surface area contributed by atoms with Gasteiger partial charge in [0.05, 0.1) is 12.8 Å². The van der Waals surface area contributed by atoms with Crippen molar-refractivity contribution in [2.75, 3.05) is 33.3 Å². The quantitative estimate of drug-likeness (QED) is 0.266. The topological polar surface area (TPSA) is 105 Å². The molecule has 0 radical (unpaired) electrons. The fraction of sp³-hybridized carbons (Fsp3) is 0.412. The summed E-state index contributed by atoms with van der Waals surface area (Å²) in [4.78, 5) is 35.1. The second-order valence-corrected chi connectivity index (χ2v) is 12.0. The van der Waals surface area contributed by atoms with Gasteiger partial charge in [-0.15, -0.1) is 0 Å². The SMILES string of the molecule is COC(=O)c1cccc(/C(C)=C/C=C2\CC(N3CCC(NCCNC(=O)OC(C)(C)C)CC3)=C(c3cc(F)cc(F)c3)C=N2)n1. The molecule has 0 bridgehead atoms. The number of piperidine rings is 1. The van der Waals surface area contributed by atoms with Crippen molar-refractivity contribution in [3.63, 3.8) is 0 Å². The molecule has 0 atom stereocenters. The number of nitrogens with one attached hydrogen (secondary N) is 2. The molecule has 4 rings (SSSR count). The summed E-state index contributed by atoms with van der Waals surface area (Å²) in [6.07, 6.45) is 7.21. The third kappa shape index (κ3) is 9.81. The summed E-state index contributed by atoms with van der Waals surface area (Å²) in [6.45, 7) is 9.92. The van der Waals surface area contributed by atoms with Gasteiger partial charge in [0.25, 0.3) is 0 Å². The molecule has 1 aromatic carbocycles. The normalized spacial score (nSPS) is 17.1. The highest BCUT2D eigenvalue weighted by atomic mass is 19.1. The van der Waals surface area contributed by atoms with Gasteiger partial charge in [-0.3, -0.25) is 4.99 Å². The number of halogens is 2. The maximum Gasteiger partial charge on any atom is 0.407 e. The molecule has 9 nitrogen and oxygen atoms in total. The standard InChI is InChI=1S/C34H41F2N5O4/c1-22(29-7-6-8-30(40-29)32(42)44-5)9-10-27-20-31(28(21-39-27)23-17-24(35)19-25(36)18-23)41-15-11-26(12-16-41)37-13-14-38-33(43)45-34(2,3)4/h6-10,17-19,21,26,37H,11-16,20H2,1-5H3,(H,38,43)/b22-9+,27-10+. The molecule has 2 N–H and O–H groups in total. The zero-order chi connectivity index (χ0) is 32.6. The molecule has 1 fully saturated rings. The van der Waals surface area contributed by atoms with E-state index in [1.54, 1.807) is 18.3 Å². The Morgan fingerprint density at radius 3 is 2.42 bits per heavy atom. The maximum absolute atomic E-state index is 14.2. The van der Waals surface area contributed by atoms with Crippen LogP contribution in [0.25, 0.3) is 11.1 Å². The van der Waals surface area contributed by atoms with Gasteiger partial charge in [-0.1, -0.05) is 12.1 Å². The molecule has 3 heterocycles. The van der Waals surface area contributed by atoms with Gasteiger partial charge in [0.2, 0.25) is 0 Å². The van der Waals surface area contributed by atoms with Crippen molar-refractivity contribution >= 4 is 29.4 Å². The number of benzene rings is 1. The van der Waals surface area contributed by atoms with Crippen molar-refractivity contribution in [3.05, 3.63) is 88.5 Å². The van der Waals surface area contributed by atoms with Gasteiger partial charge in [0, 0.05) is 67.9 Å². The number of alkyl carbamates (subject to hydrolysis) is 1. The Kier molecular flexibility index (Phi) is 11.2. The van der Waals surface area contributed by atoms with E-state index in [0.717, 1.165) is 49.0 Å². The first-order valence-corrected chi connectivity index (χ1v) is 15.0. The van der Waals surface area contributed by atoms with Crippen LogP contribution in [0.15, 0.2) is 64.9 Å². The van der Waals surface area contributed by atoms with Gasteiger partial charge in [-0.05, 0) is 82.0 Å². The van der Waals surface area contributed by atoms with Crippen LogP contribution < -0.4 is 10.6 Å². The zero-order valence-corrected chi connectivity index (χ0v) is 26.5. The largest absolute Gasteiger partial charge is 0.464 e. The highest BCUT2D eigenvalue weighted by Crippen LogP contribution is 2.32. The minimum atomic E-state index is -0.644. The first-order chi connectivity index (χ1) is 21.4. The number of aromatic nitrogens is 1. The number of carbonyl (C=O) groups is 2. The lowest BCUT2D eigenvalue weighted by atomic mass is 9.96. The predicted octanol–water partition coefficient (Wildman–Crippen LogP) is 5.90. The summed E-state index contributed by atoms with van der Waals surface area (Å²) >= 11 is 0. The van der Waals surface area contributed by atoms with Crippen LogP contribution in [0.5, 0.6) is 0 Å². The van der Waals surface area contributed by atoms with E-state index in [4.69, 9.17) is 9.47 Å². The molecule has 1 aromatic heterocycles. The number of rotatable bonds is 9. The first-order valence-electron chi connectivity index (χ1n) is 15.0. The molecule has 0 spiro atoms. The van der Waals surface area contributed by atoms with Crippen LogP contribution in [0.2, 0.25) is 0 Å². The number of esters is 1. The van der Waals surface area contributed by atoms with Gasteiger partial charge in [0.15, 0.2) is 0 Å². The highest BCUT2D eigenvalue weighted by Gasteiger charge is 2.25. The number of aliphatic imine (C=N–C) groups is 1. The van der Waals surface area contributed by atoms with Crippen molar-refractivity contribution in [3.8, 4) is 0 Å². The van der Waals surface area contributed by atoms with Gasteiger partial charge in [0.1, 0.15) is 22.9 Å². The molecule has 0 unspecified atom stereocenters. The molecule has 2 aliphatic rings. The van der Waals surface area contributed by atoms with Crippen molar-refractivity contribution in [2.24, 2.45) is 4.99 Å². The smallest absolute Gasteiger partial charge is 0.407 e. The maximum atomic E-state index is 14.2. The van der Waals surface area contributed by atoms with Gasteiger partial charge in [-0.2, -0.15) is 0 Å². The summed E-state index contributed by atoms with van der Waals surface area (Å²) in [5.74, 6) is -1.79. The number of nitrogens with zero attached hydrogens (tertiary/aromatic N) is 3. The predicted molar refractivity (Wildman–Crippen MR) is 171 cm³/mol. The molecule has 11 heteroatoms. The second-order valence-electron chi connectivity index (χ2n) is 12.0. The Morgan fingerprint density at radius 2 is 1.76 bits per heavy atom. The minimum absolute atomic E-state index is 0.223. The Bertz CT molecular complexity index is 1500. The first kappa shape index (κ1) is 33.5. The van der Waals surface area contributed by atoms with E-state index in [9.17, 15) is 18.4 Å². The number of ether oxygens (including phenoxy) is 2. The van der Waals surface area contributed by atoms with Gasteiger partial charge >= 0.3 is 12.1 Å². The summed E-state index contributed by atoms with van der Waals surface area (Å²) in [7, 11) is 1.31. The second kappa shape index (κ2) is 15.1. The molecule has 2 aromatic rings. The molecule has 1 saturated heterocycles. The number of hydrogen-bond acceptors (Lipinski definition) is 8. The number of carbonyl (C=O) groups excluding carboxylic acids is 2. The zero-order valence-electron chi connectivity index (χ0n) is 26.5. The van der Waals surface area contributed by atoms with E-state index < -0.39 is 29.3 Å². The number of hydrogen-bond donors (Lipinski definition) is 2. The average Bonchev–Trinajstić information content (AvgIpc) is 3.00. The highest BCUT2D eigenvalue weighted by molar-refractivity contribution is 6.12. The van der Waals surface area contributed by atoms with E-state index in [1.165, 1.54) is 19.2 Å². The van der Waals surface area contributed by atoms with E-state index in [-0.39, 0.29) is 11.7 Å². The molecule has 45 heavy (non-hydrogen) atoms. The van der Waals surface area contributed by atoms with Crippen LogP contribution in [0, 0.1) is 11.6 Å². The van der Waals surface area contributed by atoms with E-state index in [1.807, 2.05) is 45.9 Å². The van der Waals surface area contributed by atoms with E-state index in [2.05, 4.69) is 25.5 Å². The third-order valence-electron chi connectivity index (χ3n) is 7.37.